The molecule has 0 atom stereocenters. The van der Waals surface area contributed by atoms with Crippen molar-refractivity contribution >= 4 is 27.9 Å². The molecular weight excluding hydrogens is 502 g/mol. The summed E-state index contributed by atoms with van der Waals surface area (Å²) in [4.78, 5) is 37.4. The lowest BCUT2D eigenvalue weighted by atomic mass is 9.96. The number of esters is 2. The maximum absolute atomic E-state index is 13.3. The molecule has 1 aliphatic rings. The van der Waals surface area contributed by atoms with Crippen LogP contribution in [-0.4, -0.2) is 56.6 Å². The molecule has 1 aliphatic heterocycles. The second kappa shape index (κ2) is 10.8. The number of hydrogen-bond donors (Lipinski definition) is 0. The maximum atomic E-state index is 13.3. The van der Waals surface area contributed by atoms with E-state index in [1.807, 2.05) is 0 Å². The SMILES string of the molecule is COc1ccccc1CC(=O)OCN1C(=O)c2c(C(C)C)cc(OCC(=O)OC(C)(C)C)cc2S1(=O)=O. The summed E-state index contributed by atoms with van der Waals surface area (Å²) < 4.78 is 48.1. The van der Waals surface area contributed by atoms with Gasteiger partial charge >= 0.3 is 11.9 Å². The molecule has 0 saturated carbocycles. The Bertz CT molecular complexity index is 1310. The van der Waals surface area contributed by atoms with Gasteiger partial charge in [-0.2, -0.15) is 4.31 Å². The number of benzene rings is 2. The highest BCUT2D eigenvalue weighted by Crippen LogP contribution is 2.38. The largest absolute Gasteiger partial charge is 0.496 e. The molecule has 0 fully saturated rings. The van der Waals surface area contributed by atoms with Crippen LogP contribution in [0, 0.1) is 0 Å². The highest BCUT2D eigenvalue weighted by atomic mass is 32.2. The number of carbonyl (C=O) groups excluding carboxylic acids is 3. The predicted molar refractivity (Wildman–Crippen MR) is 133 cm³/mol. The van der Waals surface area contributed by atoms with Gasteiger partial charge in [-0.15, -0.1) is 0 Å². The summed E-state index contributed by atoms with van der Waals surface area (Å²) in [6.07, 6.45) is -0.168. The minimum absolute atomic E-state index is 0.0135. The molecule has 2 aromatic carbocycles. The first-order valence-corrected chi connectivity index (χ1v) is 13.1. The summed E-state index contributed by atoms with van der Waals surface area (Å²) in [7, 11) is -2.87. The van der Waals surface area contributed by atoms with Crippen molar-refractivity contribution in [3.63, 3.8) is 0 Å². The molecule has 11 heteroatoms. The molecule has 3 rings (SSSR count). The lowest BCUT2D eigenvalue weighted by Crippen LogP contribution is -2.33. The van der Waals surface area contributed by atoms with Crippen molar-refractivity contribution in [1.82, 2.24) is 4.31 Å². The Morgan fingerprint density at radius 3 is 2.35 bits per heavy atom. The Kier molecular flexibility index (Phi) is 8.16. The van der Waals surface area contributed by atoms with Gasteiger partial charge in [-0.3, -0.25) is 9.59 Å². The third-order valence-corrected chi connectivity index (χ3v) is 7.11. The zero-order valence-corrected chi connectivity index (χ0v) is 22.5. The second-order valence-corrected chi connectivity index (χ2v) is 11.5. The first-order valence-electron chi connectivity index (χ1n) is 11.6. The van der Waals surface area contributed by atoms with Gasteiger partial charge in [0.15, 0.2) is 13.3 Å². The Morgan fingerprint density at radius 1 is 1.05 bits per heavy atom. The van der Waals surface area contributed by atoms with Crippen LogP contribution < -0.4 is 9.47 Å². The second-order valence-electron chi connectivity index (χ2n) is 9.71. The van der Waals surface area contributed by atoms with Gasteiger partial charge < -0.3 is 18.9 Å². The summed E-state index contributed by atoms with van der Waals surface area (Å²) in [5.41, 5.74) is 0.261. The summed E-state index contributed by atoms with van der Waals surface area (Å²) in [5.74, 6) is -1.82. The lowest BCUT2D eigenvalue weighted by Gasteiger charge is -2.19. The Hall–Kier alpha value is -3.60. The van der Waals surface area contributed by atoms with E-state index < -0.39 is 46.8 Å². The van der Waals surface area contributed by atoms with Gasteiger partial charge in [0.2, 0.25) is 0 Å². The fourth-order valence-electron chi connectivity index (χ4n) is 3.76. The van der Waals surface area contributed by atoms with Crippen molar-refractivity contribution < 1.29 is 41.7 Å². The van der Waals surface area contributed by atoms with Crippen LogP contribution >= 0.6 is 0 Å². The minimum Gasteiger partial charge on any atom is -0.496 e. The van der Waals surface area contributed by atoms with Crippen molar-refractivity contribution in [1.29, 1.82) is 0 Å². The molecule has 37 heavy (non-hydrogen) atoms. The van der Waals surface area contributed by atoms with E-state index in [1.54, 1.807) is 58.9 Å². The predicted octanol–water partition coefficient (Wildman–Crippen LogP) is 3.43. The smallest absolute Gasteiger partial charge is 0.344 e. The van der Waals surface area contributed by atoms with E-state index in [0.717, 1.165) is 0 Å². The standard InChI is InChI=1S/C26H31NO9S/c1-16(2)19-12-18(34-14-23(29)36-26(3,4)5)13-21-24(19)25(30)27(37(21,31)32)15-35-22(28)11-17-9-7-8-10-20(17)33-6/h7-10,12-13,16H,11,14-15H2,1-6H3. The number of sulfonamides is 1. The molecule has 0 spiro atoms. The Balaban J connectivity index is 1.80. The number of nitrogens with zero attached hydrogens (tertiary/aromatic N) is 1. The third-order valence-electron chi connectivity index (χ3n) is 5.38. The van der Waals surface area contributed by atoms with E-state index in [0.29, 0.717) is 21.2 Å². The molecule has 0 aromatic heterocycles. The van der Waals surface area contributed by atoms with Gasteiger partial charge in [0, 0.05) is 11.6 Å². The molecule has 0 unspecified atom stereocenters. The van der Waals surface area contributed by atoms with Crippen LogP contribution in [0.2, 0.25) is 0 Å². The Morgan fingerprint density at radius 2 is 1.73 bits per heavy atom. The number of para-hydroxylation sites is 1. The molecule has 10 nitrogen and oxygen atoms in total. The van der Waals surface area contributed by atoms with Crippen LogP contribution in [0.3, 0.4) is 0 Å². The number of amides is 1. The van der Waals surface area contributed by atoms with E-state index in [-0.39, 0.29) is 28.5 Å². The van der Waals surface area contributed by atoms with Gasteiger partial charge in [0.05, 0.1) is 19.1 Å². The summed E-state index contributed by atoms with van der Waals surface area (Å²) in [6, 6.07) is 9.56. The first kappa shape index (κ1) is 28.0. The van der Waals surface area contributed by atoms with E-state index in [4.69, 9.17) is 18.9 Å². The van der Waals surface area contributed by atoms with Gasteiger partial charge in [0.1, 0.15) is 22.0 Å². The molecule has 1 heterocycles. The van der Waals surface area contributed by atoms with Crippen molar-refractivity contribution in [2.75, 3.05) is 20.4 Å². The van der Waals surface area contributed by atoms with Crippen molar-refractivity contribution in [3.05, 3.63) is 53.1 Å². The van der Waals surface area contributed by atoms with E-state index in [9.17, 15) is 22.8 Å². The molecule has 200 valence electrons. The number of hydrogen-bond acceptors (Lipinski definition) is 9. The number of rotatable bonds is 9. The fraction of sp³-hybridized carbons (Fsp3) is 0.423. The topological polar surface area (TPSA) is 126 Å². The van der Waals surface area contributed by atoms with Crippen LogP contribution in [0.1, 0.15) is 62.0 Å². The van der Waals surface area contributed by atoms with Gasteiger partial charge in [-0.05, 0) is 44.4 Å². The summed E-state index contributed by atoms with van der Waals surface area (Å²) >= 11 is 0. The first-order chi connectivity index (χ1) is 17.2. The van der Waals surface area contributed by atoms with Gasteiger partial charge in [-0.25, -0.2) is 13.2 Å². The van der Waals surface area contributed by atoms with E-state index >= 15 is 0 Å². The van der Waals surface area contributed by atoms with Crippen LogP contribution in [-0.2, 0) is 35.5 Å². The highest BCUT2D eigenvalue weighted by molar-refractivity contribution is 7.90. The number of carbonyl (C=O) groups is 3. The molecule has 0 radical (unpaired) electrons. The van der Waals surface area contributed by atoms with Crippen molar-refractivity contribution in [2.45, 2.75) is 57.5 Å². The van der Waals surface area contributed by atoms with Crippen LogP contribution in [0.25, 0.3) is 0 Å². The summed E-state index contributed by atoms with van der Waals surface area (Å²) in [5, 5.41) is 0. The normalized spacial score (nSPS) is 14.4. The molecular formula is C26H31NO9S. The highest BCUT2D eigenvalue weighted by Gasteiger charge is 2.44. The molecule has 0 bridgehead atoms. The lowest BCUT2D eigenvalue weighted by molar-refractivity contribution is -0.157. The molecule has 0 saturated heterocycles. The van der Waals surface area contributed by atoms with Crippen molar-refractivity contribution in [2.24, 2.45) is 0 Å². The van der Waals surface area contributed by atoms with Crippen LogP contribution in [0.5, 0.6) is 11.5 Å². The van der Waals surface area contributed by atoms with Gasteiger partial charge in [0.25, 0.3) is 15.9 Å². The van der Waals surface area contributed by atoms with Crippen LogP contribution in [0.15, 0.2) is 41.3 Å². The van der Waals surface area contributed by atoms with E-state index in [2.05, 4.69) is 0 Å². The molecule has 1 amide bonds. The minimum atomic E-state index is -4.34. The average molecular weight is 534 g/mol. The zero-order chi connectivity index (χ0) is 27.5. The monoisotopic (exact) mass is 533 g/mol. The fourth-order valence-corrected chi connectivity index (χ4v) is 5.23. The average Bonchev–Trinajstić information content (AvgIpc) is 2.99. The molecule has 0 N–H and O–H groups in total. The quantitative estimate of drug-likeness (QED) is 0.446. The Labute approximate surface area is 216 Å². The zero-order valence-electron chi connectivity index (χ0n) is 21.7. The summed E-state index contributed by atoms with van der Waals surface area (Å²) in [6.45, 7) is 7.51. The molecule has 0 aliphatic carbocycles. The maximum Gasteiger partial charge on any atom is 0.344 e. The van der Waals surface area contributed by atoms with Gasteiger partial charge in [-0.1, -0.05) is 32.0 Å². The van der Waals surface area contributed by atoms with Crippen molar-refractivity contribution in [3.8, 4) is 11.5 Å². The number of ether oxygens (including phenoxy) is 4. The van der Waals surface area contributed by atoms with Crippen LogP contribution in [0.4, 0.5) is 0 Å². The third kappa shape index (κ3) is 6.40. The van der Waals surface area contributed by atoms with E-state index in [1.165, 1.54) is 19.2 Å². The number of fused-ring (bicyclic) bond motifs is 1. The number of methoxy groups -OCH3 is 1. The molecule has 2 aromatic rings.